The number of hydrogen-bond acceptors (Lipinski definition) is 2. The molecule has 0 radical (unpaired) electrons. The first-order valence-corrected chi connectivity index (χ1v) is 5.47. The van der Waals surface area contributed by atoms with Gasteiger partial charge in [0.2, 0.25) is 0 Å². The largest absolute Gasteiger partial charge is 0.461 e. The molecule has 0 bridgehead atoms. The van der Waals surface area contributed by atoms with Crippen LogP contribution in [0.4, 0.5) is 13.2 Å². The van der Waals surface area contributed by atoms with Crippen LogP contribution in [-0.4, -0.2) is 24.5 Å². The van der Waals surface area contributed by atoms with Crippen LogP contribution in [0.25, 0.3) is 0 Å². The van der Waals surface area contributed by atoms with E-state index in [1.54, 1.807) is 0 Å². The van der Waals surface area contributed by atoms with Crippen molar-refractivity contribution in [3.63, 3.8) is 0 Å². The minimum absolute atomic E-state index is 0.125. The molecule has 1 aliphatic heterocycles. The number of halogens is 3. The van der Waals surface area contributed by atoms with Crippen LogP contribution in [-0.2, 0) is 9.31 Å². The molecule has 1 aliphatic carbocycles. The summed E-state index contributed by atoms with van der Waals surface area (Å²) in [6.45, 7) is 7.38. The second kappa shape index (κ2) is 3.16. The predicted molar refractivity (Wildman–Crippen MR) is 54.0 cm³/mol. The van der Waals surface area contributed by atoms with Gasteiger partial charge in [-0.1, -0.05) is 0 Å². The van der Waals surface area contributed by atoms with Crippen molar-refractivity contribution in [2.24, 2.45) is 5.92 Å². The highest BCUT2D eigenvalue weighted by Crippen LogP contribution is 2.59. The molecule has 2 nitrogen and oxygen atoms in total. The molecule has 6 heteroatoms. The van der Waals surface area contributed by atoms with Crippen molar-refractivity contribution in [3.05, 3.63) is 0 Å². The van der Waals surface area contributed by atoms with Gasteiger partial charge < -0.3 is 9.31 Å². The molecule has 1 saturated heterocycles. The quantitative estimate of drug-likeness (QED) is 0.651. The molecule has 0 N–H and O–H groups in total. The van der Waals surface area contributed by atoms with Crippen LogP contribution in [0.5, 0.6) is 0 Å². The second-order valence-corrected chi connectivity index (χ2v) is 5.67. The van der Waals surface area contributed by atoms with Crippen molar-refractivity contribution < 1.29 is 22.5 Å². The Balaban J connectivity index is 2.02. The molecule has 0 aromatic heterocycles. The molecule has 0 spiro atoms. The highest BCUT2D eigenvalue weighted by molar-refractivity contribution is 6.48. The molecule has 16 heavy (non-hydrogen) atoms. The molecule has 0 unspecified atom stereocenters. The summed E-state index contributed by atoms with van der Waals surface area (Å²) in [5.41, 5.74) is -1.09. The maximum atomic E-state index is 12.4. The Bertz CT molecular complexity index is 285. The fourth-order valence-electron chi connectivity index (χ4n) is 1.96. The van der Waals surface area contributed by atoms with Crippen molar-refractivity contribution in [2.45, 2.75) is 57.3 Å². The molecule has 0 amide bonds. The second-order valence-electron chi connectivity index (χ2n) is 5.67. The van der Waals surface area contributed by atoms with Gasteiger partial charge in [0.15, 0.2) is 0 Å². The Morgan fingerprint density at radius 2 is 1.50 bits per heavy atom. The molecule has 2 atom stereocenters. The number of alkyl halides is 3. The Morgan fingerprint density at radius 1 is 1.06 bits per heavy atom. The fraction of sp³-hybridized carbons (Fsp3) is 1.00. The summed E-state index contributed by atoms with van der Waals surface area (Å²) in [6, 6.07) is 0. The molecule has 1 heterocycles. The first kappa shape index (κ1) is 12.2. The van der Waals surface area contributed by atoms with Crippen LogP contribution in [0.3, 0.4) is 0 Å². The van der Waals surface area contributed by atoms with E-state index in [2.05, 4.69) is 0 Å². The van der Waals surface area contributed by atoms with E-state index in [-0.39, 0.29) is 6.42 Å². The molecule has 2 aliphatic rings. The maximum absolute atomic E-state index is 12.4. The van der Waals surface area contributed by atoms with Crippen molar-refractivity contribution in [1.29, 1.82) is 0 Å². The summed E-state index contributed by atoms with van der Waals surface area (Å²) in [4.78, 5) is 0. The molecule has 1 saturated carbocycles. The molecule has 0 aromatic rings. The van der Waals surface area contributed by atoms with E-state index in [1.165, 1.54) is 0 Å². The molecular formula is C10H16BF3O2. The topological polar surface area (TPSA) is 18.5 Å². The predicted octanol–water partition coefficient (Wildman–Crippen LogP) is 3.03. The lowest BCUT2D eigenvalue weighted by Crippen LogP contribution is -2.41. The Labute approximate surface area is 93.6 Å². The highest BCUT2D eigenvalue weighted by Gasteiger charge is 2.66. The van der Waals surface area contributed by atoms with E-state index in [4.69, 9.17) is 9.31 Å². The third kappa shape index (κ3) is 1.86. The van der Waals surface area contributed by atoms with Crippen LogP contribution in [0.2, 0.25) is 5.82 Å². The smallest absolute Gasteiger partial charge is 0.403 e. The maximum Gasteiger partial charge on any atom is 0.461 e. The third-order valence-corrected chi connectivity index (χ3v) is 3.88. The van der Waals surface area contributed by atoms with Crippen LogP contribution in [0.15, 0.2) is 0 Å². The van der Waals surface area contributed by atoms with E-state index < -0.39 is 36.2 Å². The summed E-state index contributed by atoms with van der Waals surface area (Å²) >= 11 is 0. The van der Waals surface area contributed by atoms with E-state index >= 15 is 0 Å². The van der Waals surface area contributed by atoms with Gasteiger partial charge in [0.05, 0.1) is 17.1 Å². The molecular weight excluding hydrogens is 220 g/mol. The molecule has 92 valence electrons. The average Bonchev–Trinajstić information content (AvgIpc) is 2.73. The van der Waals surface area contributed by atoms with Crippen molar-refractivity contribution >= 4 is 7.12 Å². The Hall–Kier alpha value is -0.225. The summed E-state index contributed by atoms with van der Waals surface area (Å²) in [7, 11) is -0.711. The molecule has 2 fully saturated rings. The number of rotatable bonds is 1. The van der Waals surface area contributed by atoms with Crippen molar-refractivity contribution in [1.82, 2.24) is 0 Å². The first-order valence-electron chi connectivity index (χ1n) is 5.47. The Kier molecular flexibility index (Phi) is 2.42. The summed E-state index contributed by atoms with van der Waals surface area (Å²) in [5, 5.41) is 0. The van der Waals surface area contributed by atoms with Crippen LogP contribution in [0.1, 0.15) is 34.1 Å². The zero-order chi connectivity index (χ0) is 12.4. The van der Waals surface area contributed by atoms with Gasteiger partial charge in [-0.15, -0.1) is 0 Å². The van der Waals surface area contributed by atoms with Gasteiger partial charge in [-0.3, -0.25) is 0 Å². The van der Waals surface area contributed by atoms with E-state index in [1.807, 2.05) is 27.7 Å². The van der Waals surface area contributed by atoms with Crippen LogP contribution in [0, 0.1) is 5.92 Å². The van der Waals surface area contributed by atoms with Gasteiger partial charge >= 0.3 is 13.3 Å². The monoisotopic (exact) mass is 236 g/mol. The van der Waals surface area contributed by atoms with Gasteiger partial charge in [-0.25, -0.2) is 0 Å². The number of hydrogen-bond donors (Lipinski definition) is 0. The lowest BCUT2D eigenvalue weighted by molar-refractivity contribution is -0.147. The third-order valence-electron chi connectivity index (χ3n) is 3.88. The summed E-state index contributed by atoms with van der Waals surface area (Å²) < 4.78 is 48.4. The van der Waals surface area contributed by atoms with Crippen molar-refractivity contribution in [3.8, 4) is 0 Å². The zero-order valence-electron chi connectivity index (χ0n) is 9.89. The van der Waals surface area contributed by atoms with Gasteiger partial charge in [0.1, 0.15) is 0 Å². The SMILES string of the molecule is CC1(C)OB([C@@H]2C[C@H]2C(F)(F)F)OC1(C)C. The van der Waals surface area contributed by atoms with Gasteiger partial charge in [-0.2, -0.15) is 13.2 Å². The van der Waals surface area contributed by atoms with Crippen molar-refractivity contribution in [2.75, 3.05) is 0 Å². The highest BCUT2D eigenvalue weighted by atomic mass is 19.4. The van der Waals surface area contributed by atoms with E-state index in [0.29, 0.717) is 0 Å². The standard InChI is InChI=1S/C10H16BF3O2/c1-8(2)9(3,4)16-11(15-8)7-5-6(7)10(12,13)14/h6-7H,5H2,1-4H3/t6-,7-/m1/s1. The van der Waals surface area contributed by atoms with Gasteiger partial charge in [-0.05, 0) is 34.1 Å². The zero-order valence-corrected chi connectivity index (χ0v) is 9.89. The first-order chi connectivity index (χ1) is 7.05. The lowest BCUT2D eigenvalue weighted by Gasteiger charge is -2.32. The fourth-order valence-corrected chi connectivity index (χ4v) is 1.96. The van der Waals surface area contributed by atoms with Gasteiger partial charge in [0.25, 0.3) is 0 Å². The van der Waals surface area contributed by atoms with Gasteiger partial charge in [0, 0.05) is 5.82 Å². The molecule has 0 aromatic carbocycles. The van der Waals surface area contributed by atoms with E-state index in [9.17, 15) is 13.2 Å². The minimum atomic E-state index is -4.12. The summed E-state index contributed by atoms with van der Waals surface area (Å²) in [6.07, 6.45) is -3.99. The van der Waals surface area contributed by atoms with Crippen LogP contribution < -0.4 is 0 Å². The lowest BCUT2D eigenvalue weighted by atomic mass is 9.80. The Morgan fingerprint density at radius 3 is 1.81 bits per heavy atom. The molecule has 2 rings (SSSR count). The van der Waals surface area contributed by atoms with E-state index in [0.717, 1.165) is 0 Å². The minimum Gasteiger partial charge on any atom is -0.403 e. The average molecular weight is 236 g/mol. The van der Waals surface area contributed by atoms with Crippen LogP contribution >= 0.6 is 0 Å². The summed E-state index contributed by atoms with van der Waals surface area (Å²) in [5.74, 6) is -1.77. The normalized spacial score (nSPS) is 36.6.